The Kier molecular flexibility index (Phi) is 6.45. The van der Waals surface area contributed by atoms with Gasteiger partial charge < -0.3 is 10.1 Å². The van der Waals surface area contributed by atoms with Crippen molar-refractivity contribution in [3.8, 4) is 0 Å². The topological polar surface area (TPSA) is 54.5 Å². The molecule has 1 amide bonds. The van der Waals surface area contributed by atoms with Crippen molar-refractivity contribution in [3.63, 3.8) is 0 Å². The Morgan fingerprint density at radius 2 is 2.21 bits per heavy atom. The van der Waals surface area contributed by atoms with E-state index in [2.05, 4.69) is 24.1 Å². The lowest BCUT2D eigenvalue weighted by Gasteiger charge is -2.15. The summed E-state index contributed by atoms with van der Waals surface area (Å²) in [6, 6.07) is 3.82. The minimum atomic E-state index is -0.0663. The molecular weight excluding hydrogens is 242 g/mol. The van der Waals surface area contributed by atoms with Crippen LogP contribution in [0.25, 0.3) is 0 Å². The van der Waals surface area contributed by atoms with E-state index in [4.69, 9.17) is 4.74 Å². The van der Waals surface area contributed by atoms with Crippen molar-refractivity contribution in [1.82, 2.24) is 9.88 Å². The molecule has 1 heterocycles. The largest absolute Gasteiger partial charge is 0.383 e. The maximum atomic E-state index is 11.8. The third-order valence-electron chi connectivity index (χ3n) is 2.81. The van der Waals surface area contributed by atoms with Gasteiger partial charge in [0, 0.05) is 19.9 Å². The van der Waals surface area contributed by atoms with E-state index in [0.717, 1.165) is 12.1 Å². The van der Waals surface area contributed by atoms with Crippen molar-refractivity contribution in [2.75, 3.05) is 39.2 Å². The SMILES string of the molecule is COCCN(C)CC(=O)Nc1ccc(C(C)C)cn1. The molecule has 0 bridgehead atoms. The molecule has 0 atom stereocenters. The summed E-state index contributed by atoms with van der Waals surface area (Å²) in [4.78, 5) is 17.9. The quantitative estimate of drug-likeness (QED) is 0.815. The van der Waals surface area contributed by atoms with Gasteiger partial charge in [0.15, 0.2) is 0 Å². The van der Waals surface area contributed by atoms with E-state index in [1.54, 1.807) is 13.3 Å². The monoisotopic (exact) mass is 265 g/mol. The molecule has 0 aliphatic rings. The zero-order chi connectivity index (χ0) is 14.3. The standard InChI is InChI=1S/C14H23N3O2/c1-11(2)12-5-6-13(15-9-12)16-14(18)10-17(3)7-8-19-4/h5-6,9,11H,7-8,10H2,1-4H3,(H,15,16,18). The second kappa shape index (κ2) is 7.86. The lowest BCUT2D eigenvalue weighted by molar-refractivity contribution is -0.117. The molecule has 19 heavy (non-hydrogen) atoms. The lowest BCUT2D eigenvalue weighted by atomic mass is 10.1. The summed E-state index contributed by atoms with van der Waals surface area (Å²) in [6.45, 7) is 5.89. The summed E-state index contributed by atoms with van der Waals surface area (Å²) in [5.41, 5.74) is 1.16. The molecule has 0 aliphatic carbocycles. The highest BCUT2D eigenvalue weighted by Crippen LogP contribution is 2.14. The van der Waals surface area contributed by atoms with Crippen LogP contribution in [0.1, 0.15) is 25.3 Å². The first-order valence-electron chi connectivity index (χ1n) is 6.46. The first kappa shape index (κ1) is 15.6. The Balaban J connectivity index is 2.43. The van der Waals surface area contributed by atoms with E-state index in [-0.39, 0.29) is 5.91 Å². The number of anilines is 1. The molecule has 0 aromatic carbocycles. The zero-order valence-corrected chi connectivity index (χ0v) is 12.1. The number of rotatable bonds is 7. The van der Waals surface area contributed by atoms with Gasteiger partial charge >= 0.3 is 0 Å². The Labute approximate surface area is 115 Å². The molecule has 5 nitrogen and oxygen atoms in total. The van der Waals surface area contributed by atoms with Gasteiger partial charge in [-0.3, -0.25) is 9.69 Å². The number of nitrogens with zero attached hydrogens (tertiary/aromatic N) is 2. The summed E-state index contributed by atoms with van der Waals surface area (Å²) in [5.74, 6) is 0.968. The van der Waals surface area contributed by atoms with Gasteiger partial charge in [-0.2, -0.15) is 0 Å². The molecule has 1 aromatic rings. The van der Waals surface area contributed by atoms with Crippen LogP contribution in [0.2, 0.25) is 0 Å². The second-order valence-electron chi connectivity index (χ2n) is 4.91. The van der Waals surface area contributed by atoms with Gasteiger partial charge in [-0.15, -0.1) is 0 Å². The molecule has 5 heteroatoms. The van der Waals surface area contributed by atoms with Crippen molar-refractivity contribution < 1.29 is 9.53 Å². The summed E-state index contributed by atoms with van der Waals surface area (Å²) in [6.07, 6.45) is 1.80. The highest BCUT2D eigenvalue weighted by molar-refractivity contribution is 5.91. The zero-order valence-electron chi connectivity index (χ0n) is 12.1. The van der Waals surface area contributed by atoms with Crippen LogP contribution < -0.4 is 5.32 Å². The van der Waals surface area contributed by atoms with Gasteiger partial charge in [0.2, 0.25) is 5.91 Å². The molecule has 0 spiro atoms. The smallest absolute Gasteiger partial charge is 0.239 e. The van der Waals surface area contributed by atoms with Crippen molar-refractivity contribution in [2.24, 2.45) is 0 Å². The molecule has 1 aromatic heterocycles. The predicted octanol–water partition coefficient (Wildman–Crippen LogP) is 1.72. The van der Waals surface area contributed by atoms with Gasteiger partial charge in [0.1, 0.15) is 5.82 Å². The van der Waals surface area contributed by atoms with Crippen LogP contribution in [0.5, 0.6) is 0 Å². The molecule has 106 valence electrons. The van der Waals surface area contributed by atoms with Gasteiger partial charge in [0.05, 0.1) is 13.2 Å². The number of carbonyl (C=O) groups is 1. The number of hydrogen-bond acceptors (Lipinski definition) is 4. The van der Waals surface area contributed by atoms with Crippen LogP contribution >= 0.6 is 0 Å². The number of methoxy groups -OCH3 is 1. The number of amides is 1. The molecular formula is C14H23N3O2. The Bertz CT molecular complexity index is 390. The molecule has 1 N–H and O–H groups in total. The number of carbonyl (C=O) groups excluding carboxylic acids is 1. The minimum absolute atomic E-state index is 0.0663. The van der Waals surface area contributed by atoms with E-state index >= 15 is 0 Å². The predicted molar refractivity (Wildman–Crippen MR) is 76.3 cm³/mol. The van der Waals surface area contributed by atoms with E-state index < -0.39 is 0 Å². The van der Waals surface area contributed by atoms with Crippen molar-refractivity contribution in [3.05, 3.63) is 23.9 Å². The van der Waals surface area contributed by atoms with E-state index in [1.165, 1.54) is 0 Å². The summed E-state index contributed by atoms with van der Waals surface area (Å²) in [7, 11) is 3.53. The van der Waals surface area contributed by atoms with Crippen LogP contribution in [-0.2, 0) is 9.53 Å². The van der Waals surface area contributed by atoms with Gasteiger partial charge in [-0.05, 0) is 24.6 Å². The Morgan fingerprint density at radius 1 is 1.47 bits per heavy atom. The van der Waals surface area contributed by atoms with Crippen molar-refractivity contribution >= 4 is 11.7 Å². The van der Waals surface area contributed by atoms with Crippen molar-refractivity contribution in [1.29, 1.82) is 0 Å². The fraction of sp³-hybridized carbons (Fsp3) is 0.571. The second-order valence-corrected chi connectivity index (χ2v) is 4.91. The average molecular weight is 265 g/mol. The summed E-state index contributed by atoms with van der Waals surface area (Å²) < 4.78 is 4.96. The molecule has 0 unspecified atom stereocenters. The number of ether oxygens (including phenoxy) is 1. The third kappa shape index (κ3) is 5.81. The maximum Gasteiger partial charge on any atom is 0.239 e. The van der Waals surface area contributed by atoms with Crippen LogP contribution in [0.3, 0.4) is 0 Å². The highest BCUT2D eigenvalue weighted by atomic mass is 16.5. The molecule has 0 fully saturated rings. The van der Waals surface area contributed by atoms with Crippen molar-refractivity contribution in [2.45, 2.75) is 19.8 Å². The van der Waals surface area contributed by atoms with E-state index in [0.29, 0.717) is 24.9 Å². The van der Waals surface area contributed by atoms with Gasteiger partial charge in [0.25, 0.3) is 0 Å². The first-order valence-corrected chi connectivity index (χ1v) is 6.46. The average Bonchev–Trinajstić information content (AvgIpc) is 2.36. The minimum Gasteiger partial charge on any atom is -0.383 e. The molecule has 0 saturated heterocycles. The fourth-order valence-electron chi connectivity index (χ4n) is 1.57. The number of aromatic nitrogens is 1. The number of likely N-dealkylation sites (N-methyl/N-ethyl adjacent to an activating group) is 1. The molecule has 1 rings (SSSR count). The summed E-state index contributed by atoms with van der Waals surface area (Å²) in [5, 5.41) is 2.78. The van der Waals surface area contributed by atoms with E-state index in [9.17, 15) is 4.79 Å². The maximum absolute atomic E-state index is 11.8. The van der Waals surface area contributed by atoms with Gasteiger partial charge in [-0.25, -0.2) is 4.98 Å². The molecule has 0 radical (unpaired) electrons. The number of hydrogen-bond donors (Lipinski definition) is 1. The van der Waals surface area contributed by atoms with Gasteiger partial charge in [-0.1, -0.05) is 19.9 Å². The Morgan fingerprint density at radius 3 is 2.74 bits per heavy atom. The van der Waals surface area contributed by atoms with Crippen LogP contribution in [0.15, 0.2) is 18.3 Å². The lowest BCUT2D eigenvalue weighted by Crippen LogP contribution is -2.32. The van der Waals surface area contributed by atoms with Crippen LogP contribution in [-0.4, -0.2) is 49.6 Å². The fourth-order valence-corrected chi connectivity index (χ4v) is 1.57. The molecule has 0 saturated carbocycles. The Hall–Kier alpha value is -1.46. The third-order valence-corrected chi connectivity index (χ3v) is 2.81. The van der Waals surface area contributed by atoms with Crippen LogP contribution in [0.4, 0.5) is 5.82 Å². The van der Waals surface area contributed by atoms with Crippen LogP contribution in [0, 0.1) is 0 Å². The number of nitrogens with one attached hydrogen (secondary N) is 1. The highest BCUT2D eigenvalue weighted by Gasteiger charge is 2.07. The van der Waals surface area contributed by atoms with E-state index in [1.807, 2.05) is 24.1 Å². The number of pyridine rings is 1. The summed E-state index contributed by atoms with van der Waals surface area (Å²) >= 11 is 0. The first-order chi connectivity index (χ1) is 9.02. The molecule has 0 aliphatic heterocycles. The normalized spacial score (nSPS) is 11.1.